The smallest absolute Gasteiger partial charge is 0.171 e. The number of unbranched alkanes of at least 4 members (excludes halogenated alkanes) is 1. The lowest BCUT2D eigenvalue weighted by Crippen LogP contribution is -2.19. The molecular weight excluding hydrogens is 390 g/mol. The second kappa shape index (κ2) is 10.4. The maximum absolute atomic E-state index is 12.5. The van der Waals surface area contributed by atoms with Crippen molar-refractivity contribution >= 4 is 16.5 Å². The molecule has 0 aromatic heterocycles. The monoisotopic (exact) mass is 417 g/mol. The summed E-state index contributed by atoms with van der Waals surface area (Å²) in [5.74, 6) is 1.29. The number of thiol groups is 1. The number of rotatable bonds is 11. The van der Waals surface area contributed by atoms with E-state index < -0.39 is 10.7 Å². The van der Waals surface area contributed by atoms with Crippen LogP contribution in [0.1, 0.15) is 40.7 Å². The van der Waals surface area contributed by atoms with Gasteiger partial charge in [0.15, 0.2) is 16.5 Å². The van der Waals surface area contributed by atoms with Gasteiger partial charge in [-0.2, -0.15) is 0 Å². The predicted molar refractivity (Wildman–Crippen MR) is 112 cm³/mol. The van der Waals surface area contributed by atoms with Gasteiger partial charge >= 0.3 is 0 Å². The van der Waals surface area contributed by atoms with Crippen LogP contribution < -0.4 is 14.8 Å². The zero-order chi connectivity index (χ0) is 20.6. The number of ketones is 1. The second-order valence-electron chi connectivity index (χ2n) is 7.03. The van der Waals surface area contributed by atoms with Crippen LogP contribution in [0.3, 0.4) is 0 Å². The number of para-hydroxylation sites is 1. The van der Waals surface area contributed by atoms with Crippen LogP contribution in [0.25, 0.3) is 0 Å². The van der Waals surface area contributed by atoms with E-state index in [-0.39, 0.29) is 10.7 Å². The number of methoxy groups -OCH3 is 1. The third-order valence-electron chi connectivity index (χ3n) is 5.05. The molecule has 0 saturated carbocycles. The van der Waals surface area contributed by atoms with Gasteiger partial charge in [0.1, 0.15) is 16.4 Å². The molecule has 29 heavy (non-hydrogen) atoms. The molecule has 1 heterocycles. The van der Waals surface area contributed by atoms with E-state index in [1.807, 2.05) is 18.2 Å². The van der Waals surface area contributed by atoms with E-state index >= 15 is 0 Å². The largest absolute Gasteiger partial charge is 0.496 e. The molecule has 1 aliphatic heterocycles. The predicted octanol–water partition coefficient (Wildman–Crippen LogP) is 2.79. The Morgan fingerprint density at radius 1 is 1.17 bits per heavy atom. The summed E-state index contributed by atoms with van der Waals surface area (Å²) in [7, 11) is -1.11. The zero-order valence-corrected chi connectivity index (χ0v) is 17.5. The van der Waals surface area contributed by atoms with Gasteiger partial charge < -0.3 is 14.8 Å². The maximum Gasteiger partial charge on any atom is 0.171 e. The van der Waals surface area contributed by atoms with Crippen LogP contribution in [-0.2, 0) is 23.5 Å². The summed E-state index contributed by atoms with van der Waals surface area (Å²) in [5.41, 5.74) is 2.45. The van der Waals surface area contributed by atoms with E-state index in [0.717, 1.165) is 43.7 Å². The lowest BCUT2D eigenvalue weighted by atomic mass is 10.0. The van der Waals surface area contributed by atoms with Crippen LogP contribution in [0.2, 0.25) is 0 Å². The lowest BCUT2D eigenvalue weighted by molar-refractivity contribution is 0.0979. The fourth-order valence-electron chi connectivity index (χ4n) is 3.52. The van der Waals surface area contributed by atoms with E-state index in [1.165, 1.54) is 11.6 Å². The molecule has 2 aromatic carbocycles. The van der Waals surface area contributed by atoms with Crippen LogP contribution in [-0.4, -0.2) is 41.0 Å². The molecule has 0 atom stereocenters. The Labute approximate surface area is 173 Å². The third kappa shape index (κ3) is 5.58. The van der Waals surface area contributed by atoms with Crippen LogP contribution in [0.5, 0.6) is 11.5 Å². The highest BCUT2D eigenvalue weighted by Crippen LogP contribution is 2.32. The number of carbonyl (C=O) groups is 1. The molecule has 0 spiro atoms. The Bertz CT molecular complexity index is 931. The van der Waals surface area contributed by atoms with Gasteiger partial charge in [-0.1, -0.05) is 18.2 Å². The summed E-state index contributed by atoms with van der Waals surface area (Å²) in [4.78, 5) is 12.6. The van der Waals surface area contributed by atoms with Crippen molar-refractivity contribution in [2.75, 3.05) is 26.8 Å². The molecule has 6 nitrogen and oxygen atoms in total. The van der Waals surface area contributed by atoms with E-state index in [0.29, 0.717) is 30.8 Å². The van der Waals surface area contributed by atoms with Gasteiger partial charge in [-0.15, -0.1) is 0 Å². The summed E-state index contributed by atoms with van der Waals surface area (Å²) < 4.78 is 33.7. The zero-order valence-electron chi connectivity index (χ0n) is 16.6. The van der Waals surface area contributed by atoms with Crippen molar-refractivity contribution in [2.24, 2.45) is 0 Å². The van der Waals surface area contributed by atoms with Crippen molar-refractivity contribution in [3.63, 3.8) is 0 Å². The average Bonchev–Trinajstić information content (AvgIpc) is 3.21. The van der Waals surface area contributed by atoms with Gasteiger partial charge in [0.25, 0.3) is 0 Å². The van der Waals surface area contributed by atoms with Crippen molar-refractivity contribution in [2.45, 2.75) is 37.0 Å². The highest BCUT2D eigenvalue weighted by molar-refractivity contribution is 7.72. The lowest BCUT2D eigenvalue weighted by Gasteiger charge is -2.09. The summed E-state index contributed by atoms with van der Waals surface area (Å²) in [5, 5.41) is 3.39. The molecular formula is C22H27NO5S. The average molecular weight is 418 g/mol. The molecule has 0 unspecified atom stereocenters. The molecule has 0 amide bonds. The molecule has 156 valence electrons. The molecule has 7 heteroatoms. The second-order valence-corrected chi connectivity index (χ2v) is 8.03. The van der Waals surface area contributed by atoms with Crippen molar-refractivity contribution in [3.05, 3.63) is 53.1 Å². The summed E-state index contributed by atoms with van der Waals surface area (Å²) in [6.45, 7) is 2.14. The van der Waals surface area contributed by atoms with Gasteiger partial charge in [-0.25, -0.2) is 8.42 Å². The molecule has 0 fully saturated rings. The first-order valence-electron chi connectivity index (χ1n) is 9.90. The molecule has 3 rings (SSSR count). The fourth-order valence-corrected chi connectivity index (χ4v) is 4.14. The van der Waals surface area contributed by atoms with Crippen molar-refractivity contribution < 1.29 is 22.7 Å². The number of hydrogen-bond donors (Lipinski definition) is 2. The third-order valence-corrected chi connectivity index (χ3v) is 5.78. The van der Waals surface area contributed by atoms with E-state index in [2.05, 4.69) is 11.4 Å². The molecule has 0 radical (unpaired) electrons. The quantitative estimate of drug-likeness (QED) is 0.332. The molecule has 0 aliphatic carbocycles. The maximum atomic E-state index is 12.5. The van der Waals surface area contributed by atoms with Crippen LogP contribution in [0, 0.1) is 0 Å². The van der Waals surface area contributed by atoms with Gasteiger partial charge in [-0.3, -0.25) is 4.79 Å². The standard InChI is InChI=1S/C22H27NO5S/c1-27-20-8-3-2-6-16(20)9-12-23-11-5-4-7-19(24)18-14-17-10-13-28-22(17)21(15-18)29(25)26/h2-3,6,8,14-15,23,29H,4-5,7,9-13H2,1H3. The van der Waals surface area contributed by atoms with Crippen molar-refractivity contribution in [1.29, 1.82) is 0 Å². The molecule has 1 N–H and O–H groups in total. The summed E-state index contributed by atoms with van der Waals surface area (Å²) in [6.07, 6.45) is 3.57. The van der Waals surface area contributed by atoms with Gasteiger partial charge in [0.05, 0.1) is 13.7 Å². The Morgan fingerprint density at radius 2 is 2.00 bits per heavy atom. The van der Waals surface area contributed by atoms with E-state index in [4.69, 9.17) is 9.47 Å². The number of benzene rings is 2. The first kappa shape index (κ1) is 21.3. The Morgan fingerprint density at radius 3 is 2.79 bits per heavy atom. The number of fused-ring (bicyclic) bond motifs is 1. The first-order valence-corrected chi connectivity index (χ1v) is 11.1. The molecule has 1 aliphatic rings. The summed E-state index contributed by atoms with van der Waals surface area (Å²) in [6, 6.07) is 11.2. The summed E-state index contributed by atoms with van der Waals surface area (Å²) >= 11 is 0. The van der Waals surface area contributed by atoms with Crippen LogP contribution >= 0.6 is 0 Å². The van der Waals surface area contributed by atoms with E-state index in [9.17, 15) is 13.2 Å². The minimum absolute atomic E-state index is 0.0215. The van der Waals surface area contributed by atoms with Gasteiger partial charge in [0.2, 0.25) is 0 Å². The minimum atomic E-state index is -2.78. The normalized spacial score (nSPS) is 12.6. The molecule has 0 bridgehead atoms. The number of carbonyl (C=O) groups excluding carboxylic acids is 1. The first-order chi connectivity index (χ1) is 14.1. The number of ether oxygens (including phenoxy) is 2. The van der Waals surface area contributed by atoms with Gasteiger partial charge in [0, 0.05) is 18.4 Å². The highest BCUT2D eigenvalue weighted by Gasteiger charge is 2.21. The number of Topliss-reactive ketones (excluding diaryl/α,β-unsaturated/α-hetero) is 1. The Hall–Kier alpha value is -2.38. The Balaban J connectivity index is 1.41. The molecule has 2 aromatic rings. The number of nitrogens with one attached hydrogen (secondary N) is 1. The van der Waals surface area contributed by atoms with Crippen molar-refractivity contribution in [1.82, 2.24) is 5.32 Å². The highest BCUT2D eigenvalue weighted by atomic mass is 32.2. The fraction of sp³-hybridized carbons (Fsp3) is 0.409. The Kier molecular flexibility index (Phi) is 7.66. The SMILES string of the molecule is COc1ccccc1CCNCCCCC(=O)c1cc2c(c([SH](=O)=O)c1)OCC2. The molecule has 0 saturated heterocycles. The van der Waals surface area contributed by atoms with Crippen molar-refractivity contribution in [3.8, 4) is 11.5 Å². The van der Waals surface area contributed by atoms with Gasteiger partial charge in [-0.05, 0) is 61.7 Å². The topological polar surface area (TPSA) is 81.7 Å². The number of hydrogen-bond acceptors (Lipinski definition) is 6. The minimum Gasteiger partial charge on any atom is -0.496 e. The van der Waals surface area contributed by atoms with Crippen LogP contribution in [0.4, 0.5) is 0 Å². The van der Waals surface area contributed by atoms with Crippen LogP contribution in [0.15, 0.2) is 41.3 Å². The van der Waals surface area contributed by atoms with E-state index in [1.54, 1.807) is 13.2 Å².